The number of carbonyl (C=O) groups excluding carboxylic acids is 2. The molecule has 0 unspecified atom stereocenters. The summed E-state index contributed by atoms with van der Waals surface area (Å²) >= 11 is 0. The molecule has 0 aromatic carbocycles. The maximum Gasteiger partial charge on any atom is 0.223 e. The van der Waals surface area contributed by atoms with Crippen molar-refractivity contribution < 1.29 is 9.59 Å². The predicted molar refractivity (Wildman–Crippen MR) is 62.0 cm³/mol. The van der Waals surface area contributed by atoms with Crippen molar-refractivity contribution in [1.82, 2.24) is 15.5 Å². The molecule has 0 aromatic heterocycles. The summed E-state index contributed by atoms with van der Waals surface area (Å²) in [5, 5.41) is 5.97. The number of nitrogens with one attached hydrogen (secondary N) is 2. The van der Waals surface area contributed by atoms with Crippen LogP contribution in [0.15, 0.2) is 0 Å². The van der Waals surface area contributed by atoms with Crippen LogP contribution in [-0.2, 0) is 9.59 Å². The molecule has 5 heteroatoms. The molecule has 0 spiro atoms. The topological polar surface area (TPSA) is 61.4 Å². The van der Waals surface area contributed by atoms with E-state index in [-0.39, 0.29) is 17.9 Å². The lowest BCUT2D eigenvalue weighted by molar-refractivity contribution is -0.134. The van der Waals surface area contributed by atoms with E-state index in [0.29, 0.717) is 12.8 Å². The van der Waals surface area contributed by atoms with Gasteiger partial charge < -0.3 is 15.5 Å². The molecule has 0 radical (unpaired) electrons. The van der Waals surface area contributed by atoms with Gasteiger partial charge in [0.15, 0.2) is 0 Å². The summed E-state index contributed by atoms with van der Waals surface area (Å²) in [5.74, 6) is 0.0406. The zero-order chi connectivity index (χ0) is 12.0. The monoisotopic (exact) mass is 227 g/mol. The molecule has 1 aliphatic heterocycles. The Morgan fingerprint density at radius 2 is 1.88 bits per heavy atom. The summed E-state index contributed by atoms with van der Waals surface area (Å²) in [5.41, 5.74) is 0. The van der Waals surface area contributed by atoms with Crippen LogP contribution in [0.3, 0.4) is 0 Å². The van der Waals surface area contributed by atoms with Gasteiger partial charge in [0, 0.05) is 45.1 Å². The summed E-state index contributed by atoms with van der Waals surface area (Å²) in [6, 6.07) is 0.141. The Balaban J connectivity index is 2.21. The molecule has 5 nitrogen and oxygen atoms in total. The van der Waals surface area contributed by atoms with Gasteiger partial charge in [0.2, 0.25) is 11.8 Å². The van der Waals surface area contributed by atoms with E-state index in [2.05, 4.69) is 10.6 Å². The predicted octanol–water partition coefficient (Wildman–Crippen LogP) is -0.277. The standard InChI is InChI=1S/C11H21N3O2/c1-9(2)13-10(15)3-4-11(16)14-7-5-12-6-8-14/h9,12H,3-8H2,1-2H3,(H,13,15). The van der Waals surface area contributed by atoms with Crippen molar-refractivity contribution >= 4 is 11.8 Å². The first-order chi connectivity index (χ1) is 7.59. The molecule has 0 aromatic rings. The minimum atomic E-state index is -0.0431. The van der Waals surface area contributed by atoms with Crippen molar-refractivity contribution in [1.29, 1.82) is 0 Å². The van der Waals surface area contributed by atoms with Crippen LogP contribution in [0, 0.1) is 0 Å². The molecule has 1 fully saturated rings. The quantitative estimate of drug-likeness (QED) is 0.694. The van der Waals surface area contributed by atoms with Crippen molar-refractivity contribution in [3.05, 3.63) is 0 Å². The lowest BCUT2D eigenvalue weighted by Crippen LogP contribution is -2.46. The fourth-order valence-corrected chi connectivity index (χ4v) is 1.69. The van der Waals surface area contributed by atoms with Crippen LogP contribution in [0.5, 0.6) is 0 Å². The van der Waals surface area contributed by atoms with Gasteiger partial charge in [0.05, 0.1) is 0 Å². The summed E-state index contributed by atoms with van der Waals surface area (Å²) < 4.78 is 0. The zero-order valence-corrected chi connectivity index (χ0v) is 10.1. The van der Waals surface area contributed by atoms with Crippen molar-refractivity contribution in [2.45, 2.75) is 32.7 Å². The normalized spacial score (nSPS) is 16.3. The highest BCUT2D eigenvalue weighted by Gasteiger charge is 2.16. The van der Waals surface area contributed by atoms with Crippen LogP contribution in [0.1, 0.15) is 26.7 Å². The minimum absolute atomic E-state index is 0.0431. The summed E-state index contributed by atoms with van der Waals surface area (Å²) in [4.78, 5) is 24.9. The first kappa shape index (κ1) is 13.0. The van der Waals surface area contributed by atoms with Crippen LogP contribution >= 0.6 is 0 Å². The van der Waals surface area contributed by atoms with E-state index in [1.165, 1.54) is 0 Å². The number of hydrogen-bond acceptors (Lipinski definition) is 3. The van der Waals surface area contributed by atoms with Crippen LogP contribution in [0.4, 0.5) is 0 Å². The average Bonchev–Trinajstić information content (AvgIpc) is 2.26. The van der Waals surface area contributed by atoms with E-state index in [9.17, 15) is 9.59 Å². The second kappa shape index (κ2) is 6.48. The lowest BCUT2D eigenvalue weighted by Gasteiger charge is -2.27. The van der Waals surface area contributed by atoms with E-state index in [1.807, 2.05) is 18.7 Å². The van der Waals surface area contributed by atoms with Gasteiger partial charge in [0.1, 0.15) is 0 Å². The van der Waals surface area contributed by atoms with Crippen molar-refractivity contribution in [3.63, 3.8) is 0 Å². The number of amides is 2. The van der Waals surface area contributed by atoms with Gasteiger partial charge in [-0.05, 0) is 13.8 Å². The van der Waals surface area contributed by atoms with Gasteiger partial charge in [-0.15, -0.1) is 0 Å². The first-order valence-corrected chi connectivity index (χ1v) is 5.87. The Kier molecular flexibility index (Phi) is 5.25. The molecule has 0 saturated carbocycles. The fourth-order valence-electron chi connectivity index (χ4n) is 1.69. The number of nitrogens with zero attached hydrogens (tertiary/aromatic N) is 1. The Bertz CT molecular complexity index is 248. The van der Waals surface area contributed by atoms with E-state index >= 15 is 0 Å². The van der Waals surface area contributed by atoms with Gasteiger partial charge in [-0.1, -0.05) is 0 Å². The van der Waals surface area contributed by atoms with Gasteiger partial charge in [-0.2, -0.15) is 0 Å². The second-order valence-electron chi connectivity index (χ2n) is 4.35. The van der Waals surface area contributed by atoms with Crippen molar-refractivity contribution in [3.8, 4) is 0 Å². The molecule has 1 rings (SSSR count). The average molecular weight is 227 g/mol. The van der Waals surface area contributed by atoms with Crippen LogP contribution < -0.4 is 10.6 Å². The van der Waals surface area contributed by atoms with Crippen molar-refractivity contribution in [2.24, 2.45) is 0 Å². The summed E-state index contributed by atoms with van der Waals surface area (Å²) in [6.45, 7) is 7.04. The Morgan fingerprint density at radius 1 is 1.25 bits per heavy atom. The number of carbonyl (C=O) groups is 2. The maximum absolute atomic E-state index is 11.7. The third-order valence-electron chi connectivity index (χ3n) is 2.49. The largest absolute Gasteiger partial charge is 0.354 e. The molecule has 0 bridgehead atoms. The van der Waals surface area contributed by atoms with Gasteiger partial charge >= 0.3 is 0 Å². The summed E-state index contributed by atoms with van der Waals surface area (Å²) in [7, 11) is 0. The molecule has 1 heterocycles. The Labute approximate surface area is 96.6 Å². The maximum atomic E-state index is 11.7. The van der Waals surface area contributed by atoms with E-state index < -0.39 is 0 Å². The van der Waals surface area contributed by atoms with Gasteiger partial charge in [0.25, 0.3) is 0 Å². The van der Waals surface area contributed by atoms with Gasteiger partial charge in [-0.3, -0.25) is 9.59 Å². The zero-order valence-electron chi connectivity index (χ0n) is 10.1. The molecule has 92 valence electrons. The molecule has 16 heavy (non-hydrogen) atoms. The van der Waals surface area contributed by atoms with E-state index in [0.717, 1.165) is 26.2 Å². The molecule has 2 amide bonds. The number of hydrogen-bond donors (Lipinski definition) is 2. The van der Waals surface area contributed by atoms with Crippen LogP contribution in [0.25, 0.3) is 0 Å². The third-order valence-corrected chi connectivity index (χ3v) is 2.49. The number of rotatable bonds is 4. The van der Waals surface area contributed by atoms with Crippen LogP contribution in [0.2, 0.25) is 0 Å². The van der Waals surface area contributed by atoms with Crippen molar-refractivity contribution in [2.75, 3.05) is 26.2 Å². The molecule has 0 aliphatic carbocycles. The second-order valence-corrected chi connectivity index (χ2v) is 4.35. The molecule has 0 atom stereocenters. The Morgan fingerprint density at radius 3 is 2.44 bits per heavy atom. The van der Waals surface area contributed by atoms with E-state index in [4.69, 9.17) is 0 Å². The highest BCUT2D eigenvalue weighted by atomic mass is 16.2. The molecule has 1 saturated heterocycles. The number of piperazine rings is 1. The molecule has 1 aliphatic rings. The van der Waals surface area contributed by atoms with E-state index in [1.54, 1.807) is 0 Å². The molecular formula is C11H21N3O2. The lowest BCUT2D eigenvalue weighted by atomic mass is 10.2. The highest BCUT2D eigenvalue weighted by molar-refractivity contribution is 5.83. The summed E-state index contributed by atoms with van der Waals surface area (Å²) in [6.07, 6.45) is 0.611. The smallest absolute Gasteiger partial charge is 0.223 e. The highest BCUT2D eigenvalue weighted by Crippen LogP contribution is 2.00. The first-order valence-electron chi connectivity index (χ1n) is 5.87. The Hall–Kier alpha value is -1.10. The van der Waals surface area contributed by atoms with Gasteiger partial charge in [-0.25, -0.2) is 0 Å². The fraction of sp³-hybridized carbons (Fsp3) is 0.818. The van der Waals surface area contributed by atoms with Crippen LogP contribution in [-0.4, -0.2) is 48.9 Å². The third kappa shape index (κ3) is 4.61. The molecular weight excluding hydrogens is 206 g/mol. The SMILES string of the molecule is CC(C)NC(=O)CCC(=O)N1CCNCC1. The minimum Gasteiger partial charge on any atom is -0.354 e. The molecule has 2 N–H and O–H groups in total.